The first-order chi connectivity index (χ1) is 8.69. The van der Waals surface area contributed by atoms with Crippen molar-refractivity contribution in [2.24, 2.45) is 0 Å². The summed E-state index contributed by atoms with van der Waals surface area (Å²) in [6.45, 7) is 4.88. The quantitative estimate of drug-likeness (QED) is 0.692. The zero-order valence-electron chi connectivity index (χ0n) is 10.7. The van der Waals surface area contributed by atoms with E-state index in [4.69, 9.17) is 9.26 Å². The van der Waals surface area contributed by atoms with Crippen LogP contribution < -0.4 is 5.32 Å². The first kappa shape index (κ1) is 13.0. The number of likely N-dealkylation sites (tertiary alicyclic amines) is 1. The van der Waals surface area contributed by atoms with E-state index in [0.29, 0.717) is 31.4 Å². The molecule has 2 rings (SSSR count). The van der Waals surface area contributed by atoms with Crippen LogP contribution in [-0.2, 0) is 9.53 Å². The molecule has 1 fully saturated rings. The van der Waals surface area contributed by atoms with E-state index in [1.807, 2.05) is 4.90 Å². The SMILES string of the molecule is COCCNC(=O)CN1CC(c2nc(C)no2)C1. The summed E-state index contributed by atoms with van der Waals surface area (Å²) in [5.41, 5.74) is 0. The third-order valence-electron chi connectivity index (χ3n) is 2.85. The molecule has 1 N–H and O–H groups in total. The van der Waals surface area contributed by atoms with Gasteiger partial charge in [-0.05, 0) is 6.92 Å². The number of aromatic nitrogens is 2. The number of nitrogens with one attached hydrogen (secondary N) is 1. The normalized spacial score (nSPS) is 16.6. The Morgan fingerprint density at radius 3 is 3.00 bits per heavy atom. The molecule has 0 unspecified atom stereocenters. The van der Waals surface area contributed by atoms with E-state index in [-0.39, 0.29) is 11.8 Å². The van der Waals surface area contributed by atoms with Crippen molar-refractivity contribution >= 4 is 5.91 Å². The average molecular weight is 254 g/mol. The summed E-state index contributed by atoms with van der Waals surface area (Å²) >= 11 is 0. The highest BCUT2D eigenvalue weighted by Crippen LogP contribution is 2.24. The van der Waals surface area contributed by atoms with Crippen molar-refractivity contribution in [3.8, 4) is 0 Å². The Bertz CT molecular complexity index is 401. The predicted molar refractivity (Wildman–Crippen MR) is 63.1 cm³/mol. The minimum atomic E-state index is 0.0206. The lowest BCUT2D eigenvalue weighted by atomic mass is 10.0. The molecule has 18 heavy (non-hydrogen) atoms. The number of carbonyl (C=O) groups excluding carboxylic acids is 1. The van der Waals surface area contributed by atoms with Gasteiger partial charge in [-0.2, -0.15) is 4.98 Å². The first-order valence-corrected chi connectivity index (χ1v) is 5.97. The van der Waals surface area contributed by atoms with Gasteiger partial charge in [-0.1, -0.05) is 5.16 Å². The van der Waals surface area contributed by atoms with Gasteiger partial charge in [0, 0.05) is 26.7 Å². The zero-order valence-corrected chi connectivity index (χ0v) is 10.7. The van der Waals surface area contributed by atoms with Crippen LogP contribution in [0, 0.1) is 6.92 Å². The van der Waals surface area contributed by atoms with Gasteiger partial charge in [0.15, 0.2) is 5.82 Å². The molecule has 0 aliphatic carbocycles. The fourth-order valence-electron chi connectivity index (χ4n) is 1.89. The molecule has 0 spiro atoms. The molecule has 2 heterocycles. The molecular formula is C11H18N4O3. The minimum Gasteiger partial charge on any atom is -0.383 e. The maximum absolute atomic E-state index is 11.5. The van der Waals surface area contributed by atoms with Gasteiger partial charge in [0.1, 0.15) is 0 Å². The molecule has 1 aromatic rings. The second-order valence-electron chi connectivity index (χ2n) is 4.41. The van der Waals surface area contributed by atoms with Crippen molar-refractivity contribution in [1.82, 2.24) is 20.4 Å². The Labute approximate surface area is 105 Å². The molecule has 7 nitrogen and oxygen atoms in total. The third kappa shape index (κ3) is 3.27. The van der Waals surface area contributed by atoms with Gasteiger partial charge >= 0.3 is 0 Å². The van der Waals surface area contributed by atoms with Crippen LogP contribution in [0.25, 0.3) is 0 Å². The Morgan fingerprint density at radius 1 is 1.61 bits per heavy atom. The molecule has 0 radical (unpaired) electrons. The van der Waals surface area contributed by atoms with E-state index >= 15 is 0 Å². The van der Waals surface area contributed by atoms with Crippen molar-refractivity contribution < 1.29 is 14.1 Å². The van der Waals surface area contributed by atoms with Gasteiger partial charge in [0.2, 0.25) is 11.8 Å². The standard InChI is InChI=1S/C11H18N4O3/c1-8-13-11(18-14-8)9-5-15(6-9)7-10(16)12-3-4-17-2/h9H,3-7H2,1-2H3,(H,12,16). The number of methoxy groups -OCH3 is 1. The molecular weight excluding hydrogens is 236 g/mol. The summed E-state index contributed by atoms with van der Waals surface area (Å²) in [6, 6.07) is 0. The van der Waals surface area contributed by atoms with Crippen molar-refractivity contribution in [3.05, 3.63) is 11.7 Å². The van der Waals surface area contributed by atoms with Gasteiger partial charge in [-0.25, -0.2) is 0 Å². The molecule has 1 amide bonds. The van der Waals surface area contributed by atoms with Crippen molar-refractivity contribution in [2.45, 2.75) is 12.8 Å². The maximum Gasteiger partial charge on any atom is 0.234 e. The highest BCUT2D eigenvalue weighted by Gasteiger charge is 2.33. The van der Waals surface area contributed by atoms with Crippen LogP contribution in [0.1, 0.15) is 17.6 Å². The number of nitrogens with zero attached hydrogens (tertiary/aromatic N) is 3. The summed E-state index contributed by atoms with van der Waals surface area (Å²) in [5, 5.41) is 6.54. The monoisotopic (exact) mass is 254 g/mol. The summed E-state index contributed by atoms with van der Waals surface area (Å²) in [6.07, 6.45) is 0. The molecule has 1 saturated heterocycles. The Hall–Kier alpha value is -1.47. The van der Waals surface area contributed by atoms with E-state index in [2.05, 4.69) is 15.5 Å². The summed E-state index contributed by atoms with van der Waals surface area (Å²) in [5.74, 6) is 1.61. The molecule has 1 aromatic heterocycles. The van der Waals surface area contributed by atoms with Crippen LogP contribution in [0.5, 0.6) is 0 Å². The third-order valence-corrected chi connectivity index (χ3v) is 2.85. The smallest absolute Gasteiger partial charge is 0.234 e. The summed E-state index contributed by atoms with van der Waals surface area (Å²) in [4.78, 5) is 17.7. The van der Waals surface area contributed by atoms with E-state index in [1.54, 1.807) is 14.0 Å². The number of rotatable bonds is 6. The predicted octanol–water partition coefficient (Wildman–Crippen LogP) is -0.460. The fraction of sp³-hybridized carbons (Fsp3) is 0.727. The topological polar surface area (TPSA) is 80.5 Å². The summed E-state index contributed by atoms with van der Waals surface area (Å²) < 4.78 is 9.95. The van der Waals surface area contributed by atoms with Crippen molar-refractivity contribution in [3.63, 3.8) is 0 Å². The molecule has 0 atom stereocenters. The first-order valence-electron chi connectivity index (χ1n) is 5.97. The van der Waals surface area contributed by atoms with Crippen LogP contribution in [0.4, 0.5) is 0 Å². The van der Waals surface area contributed by atoms with Crippen LogP contribution in [0.2, 0.25) is 0 Å². The van der Waals surface area contributed by atoms with Crippen molar-refractivity contribution in [2.75, 3.05) is 39.9 Å². The van der Waals surface area contributed by atoms with Gasteiger partial charge in [0.25, 0.3) is 0 Å². The fourth-order valence-corrected chi connectivity index (χ4v) is 1.89. The lowest BCUT2D eigenvalue weighted by molar-refractivity contribution is -0.123. The van der Waals surface area contributed by atoms with Crippen LogP contribution >= 0.6 is 0 Å². The van der Waals surface area contributed by atoms with E-state index in [9.17, 15) is 4.79 Å². The zero-order chi connectivity index (χ0) is 13.0. The largest absolute Gasteiger partial charge is 0.383 e. The lowest BCUT2D eigenvalue weighted by Crippen LogP contribution is -2.49. The summed E-state index contributed by atoms with van der Waals surface area (Å²) in [7, 11) is 1.61. The van der Waals surface area contributed by atoms with Gasteiger partial charge < -0.3 is 14.6 Å². The average Bonchev–Trinajstić information content (AvgIpc) is 2.70. The molecule has 0 bridgehead atoms. The van der Waals surface area contributed by atoms with Gasteiger partial charge in [-0.15, -0.1) is 0 Å². The number of carbonyl (C=O) groups is 1. The minimum absolute atomic E-state index is 0.0206. The van der Waals surface area contributed by atoms with Gasteiger partial charge in [-0.3, -0.25) is 9.69 Å². The Kier molecular flexibility index (Phi) is 4.27. The van der Waals surface area contributed by atoms with Crippen LogP contribution in [0.3, 0.4) is 0 Å². The molecule has 7 heteroatoms. The maximum atomic E-state index is 11.5. The number of amides is 1. The number of hydrogen-bond donors (Lipinski definition) is 1. The second kappa shape index (κ2) is 5.92. The Morgan fingerprint density at radius 2 is 2.39 bits per heavy atom. The van der Waals surface area contributed by atoms with E-state index in [0.717, 1.165) is 13.1 Å². The molecule has 1 aliphatic heterocycles. The highest BCUT2D eigenvalue weighted by atomic mass is 16.5. The highest BCUT2D eigenvalue weighted by molar-refractivity contribution is 5.78. The Balaban J connectivity index is 1.65. The lowest BCUT2D eigenvalue weighted by Gasteiger charge is -2.36. The van der Waals surface area contributed by atoms with Crippen molar-refractivity contribution in [1.29, 1.82) is 0 Å². The molecule has 0 saturated carbocycles. The van der Waals surface area contributed by atoms with E-state index in [1.165, 1.54) is 0 Å². The van der Waals surface area contributed by atoms with Gasteiger partial charge in [0.05, 0.1) is 19.1 Å². The van der Waals surface area contributed by atoms with Crippen LogP contribution in [-0.4, -0.2) is 60.8 Å². The van der Waals surface area contributed by atoms with Crippen LogP contribution in [0.15, 0.2) is 4.52 Å². The van der Waals surface area contributed by atoms with E-state index < -0.39 is 0 Å². The number of hydrogen-bond acceptors (Lipinski definition) is 6. The second-order valence-corrected chi connectivity index (χ2v) is 4.41. The molecule has 100 valence electrons. The number of ether oxygens (including phenoxy) is 1. The number of aryl methyl sites for hydroxylation is 1. The molecule has 1 aliphatic rings. The molecule has 0 aromatic carbocycles.